The molecule has 0 atom stereocenters. The van der Waals surface area contributed by atoms with Gasteiger partial charge in [0.1, 0.15) is 11.4 Å². The molecule has 0 bridgehead atoms. The molecule has 2 aromatic rings. The third kappa shape index (κ3) is 1.87. The zero-order valence-electron chi connectivity index (χ0n) is 8.59. The zero-order chi connectivity index (χ0) is 11.5. The van der Waals surface area contributed by atoms with E-state index in [1.165, 1.54) is 10.9 Å². The van der Waals surface area contributed by atoms with Gasteiger partial charge in [-0.15, -0.1) is 5.10 Å². The number of hydrogen-bond acceptors (Lipinski definition) is 4. The van der Waals surface area contributed by atoms with E-state index >= 15 is 0 Å². The second-order valence-electron chi connectivity index (χ2n) is 3.11. The summed E-state index contributed by atoms with van der Waals surface area (Å²) in [7, 11) is 1.56. The Labute approximate surface area is 97.2 Å². The number of methoxy groups -OCH3 is 1. The number of hydrogen-bond donors (Lipinski definition) is 1. The highest BCUT2D eigenvalue weighted by Crippen LogP contribution is 2.26. The summed E-state index contributed by atoms with van der Waals surface area (Å²) in [6, 6.07) is 5.16. The molecule has 1 heterocycles. The van der Waals surface area contributed by atoms with E-state index in [0.717, 1.165) is 0 Å². The standard InChI is InChI=1S/C10H10ClN3O2/c1-16-10-3-2-7(11)4-9(10)14-8(6-15)5-12-13-14/h2-5,15H,6H2,1H3. The summed E-state index contributed by atoms with van der Waals surface area (Å²) in [6.45, 7) is -0.150. The second-order valence-corrected chi connectivity index (χ2v) is 3.55. The third-order valence-corrected chi connectivity index (χ3v) is 2.39. The van der Waals surface area contributed by atoms with Crippen LogP contribution in [0.3, 0.4) is 0 Å². The molecule has 0 radical (unpaired) electrons. The van der Waals surface area contributed by atoms with Crippen LogP contribution in [-0.2, 0) is 6.61 Å². The van der Waals surface area contributed by atoms with Crippen LogP contribution in [0.25, 0.3) is 5.69 Å². The van der Waals surface area contributed by atoms with Crippen molar-refractivity contribution in [3.05, 3.63) is 35.1 Å². The summed E-state index contributed by atoms with van der Waals surface area (Å²) in [5.41, 5.74) is 1.22. The number of rotatable bonds is 3. The molecule has 0 fully saturated rings. The summed E-state index contributed by atoms with van der Waals surface area (Å²) in [6.07, 6.45) is 1.49. The molecule has 2 rings (SSSR count). The Balaban J connectivity index is 2.58. The van der Waals surface area contributed by atoms with Gasteiger partial charge in [-0.3, -0.25) is 0 Å². The van der Waals surface area contributed by atoms with E-state index in [1.807, 2.05) is 0 Å². The molecule has 84 valence electrons. The van der Waals surface area contributed by atoms with Gasteiger partial charge in [-0.1, -0.05) is 16.8 Å². The van der Waals surface area contributed by atoms with Crippen molar-refractivity contribution < 1.29 is 9.84 Å². The summed E-state index contributed by atoms with van der Waals surface area (Å²) in [5, 5.41) is 17.3. The summed E-state index contributed by atoms with van der Waals surface area (Å²) < 4.78 is 6.69. The van der Waals surface area contributed by atoms with E-state index in [-0.39, 0.29) is 6.61 Å². The van der Waals surface area contributed by atoms with Crippen LogP contribution in [0.5, 0.6) is 5.75 Å². The molecule has 0 saturated carbocycles. The quantitative estimate of drug-likeness (QED) is 0.880. The van der Waals surface area contributed by atoms with Crippen molar-refractivity contribution in [1.29, 1.82) is 0 Å². The maximum Gasteiger partial charge on any atom is 0.144 e. The van der Waals surface area contributed by atoms with Gasteiger partial charge in [0.15, 0.2) is 0 Å². The highest BCUT2D eigenvalue weighted by atomic mass is 35.5. The molecule has 16 heavy (non-hydrogen) atoms. The van der Waals surface area contributed by atoms with Crippen LogP contribution in [-0.4, -0.2) is 27.2 Å². The Bertz CT molecular complexity index is 499. The Morgan fingerprint density at radius 1 is 1.50 bits per heavy atom. The topological polar surface area (TPSA) is 60.2 Å². The van der Waals surface area contributed by atoms with Crippen molar-refractivity contribution in [2.24, 2.45) is 0 Å². The fourth-order valence-electron chi connectivity index (χ4n) is 1.40. The highest BCUT2D eigenvalue weighted by molar-refractivity contribution is 6.30. The smallest absolute Gasteiger partial charge is 0.144 e. The molecule has 0 spiro atoms. The van der Waals surface area contributed by atoms with Crippen molar-refractivity contribution >= 4 is 11.6 Å². The van der Waals surface area contributed by atoms with Crippen LogP contribution >= 0.6 is 11.6 Å². The van der Waals surface area contributed by atoms with Crippen LogP contribution < -0.4 is 4.74 Å². The van der Waals surface area contributed by atoms with Gasteiger partial charge in [-0.05, 0) is 18.2 Å². The van der Waals surface area contributed by atoms with Crippen molar-refractivity contribution in [3.8, 4) is 11.4 Å². The number of aliphatic hydroxyl groups excluding tert-OH is 1. The lowest BCUT2D eigenvalue weighted by molar-refractivity contribution is 0.273. The minimum Gasteiger partial charge on any atom is -0.494 e. The maximum atomic E-state index is 9.13. The van der Waals surface area contributed by atoms with Crippen molar-refractivity contribution in [2.75, 3.05) is 7.11 Å². The Morgan fingerprint density at radius 3 is 3.00 bits per heavy atom. The van der Waals surface area contributed by atoms with Crippen LogP contribution in [0.4, 0.5) is 0 Å². The molecular weight excluding hydrogens is 230 g/mol. The molecule has 0 amide bonds. The van der Waals surface area contributed by atoms with Crippen LogP contribution in [0.2, 0.25) is 5.02 Å². The number of aromatic nitrogens is 3. The molecule has 5 nitrogen and oxygen atoms in total. The van der Waals surface area contributed by atoms with Gasteiger partial charge in [-0.2, -0.15) is 0 Å². The van der Waals surface area contributed by atoms with Gasteiger partial charge in [-0.25, -0.2) is 4.68 Å². The molecular formula is C10H10ClN3O2. The molecule has 0 aliphatic carbocycles. The van der Waals surface area contributed by atoms with Gasteiger partial charge in [0.2, 0.25) is 0 Å². The molecule has 0 aliphatic heterocycles. The molecule has 1 aromatic heterocycles. The number of halogens is 1. The Hall–Kier alpha value is -1.59. The van der Waals surface area contributed by atoms with Crippen LogP contribution in [0.1, 0.15) is 5.69 Å². The Morgan fingerprint density at radius 2 is 2.31 bits per heavy atom. The highest BCUT2D eigenvalue weighted by Gasteiger charge is 2.11. The SMILES string of the molecule is COc1ccc(Cl)cc1-n1nncc1CO. The first-order valence-corrected chi connectivity index (χ1v) is 4.98. The normalized spacial score (nSPS) is 10.4. The lowest BCUT2D eigenvalue weighted by Gasteiger charge is -2.09. The number of aliphatic hydroxyl groups is 1. The molecule has 0 saturated heterocycles. The van der Waals surface area contributed by atoms with E-state index in [1.54, 1.807) is 25.3 Å². The van der Waals surface area contributed by atoms with E-state index in [2.05, 4.69) is 10.3 Å². The van der Waals surface area contributed by atoms with Gasteiger partial charge in [0, 0.05) is 5.02 Å². The summed E-state index contributed by atoms with van der Waals surface area (Å²) in [4.78, 5) is 0. The van der Waals surface area contributed by atoms with Gasteiger partial charge >= 0.3 is 0 Å². The number of benzene rings is 1. The van der Waals surface area contributed by atoms with Crippen molar-refractivity contribution in [3.63, 3.8) is 0 Å². The lowest BCUT2D eigenvalue weighted by atomic mass is 10.3. The second kappa shape index (κ2) is 4.51. The first-order chi connectivity index (χ1) is 7.76. The van der Waals surface area contributed by atoms with Crippen molar-refractivity contribution in [2.45, 2.75) is 6.61 Å². The minimum absolute atomic E-state index is 0.150. The largest absolute Gasteiger partial charge is 0.494 e. The van der Waals surface area contributed by atoms with E-state index < -0.39 is 0 Å². The van der Waals surface area contributed by atoms with Crippen LogP contribution in [0.15, 0.2) is 24.4 Å². The predicted octanol–water partition coefficient (Wildman–Crippen LogP) is 1.42. The first-order valence-electron chi connectivity index (χ1n) is 4.60. The molecule has 1 aromatic carbocycles. The average Bonchev–Trinajstić information content (AvgIpc) is 2.76. The van der Waals surface area contributed by atoms with Gasteiger partial charge in [0.05, 0.1) is 25.6 Å². The Kier molecular flexibility index (Phi) is 3.07. The summed E-state index contributed by atoms with van der Waals surface area (Å²) >= 11 is 5.91. The van der Waals surface area contributed by atoms with E-state index in [4.69, 9.17) is 21.4 Å². The number of nitrogens with zero attached hydrogens (tertiary/aromatic N) is 3. The van der Waals surface area contributed by atoms with Crippen LogP contribution in [0, 0.1) is 0 Å². The molecule has 6 heteroatoms. The predicted molar refractivity (Wildman–Crippen MR) is 58.8 cm³/mol. The summed E-state index contributed by atoms with van der Waals surface area (Å²) in [5.74, 6) is 0.615. The van der Waals surface area contributed by atoms with E-state index in [9.17, 15) is 0 Å². The van der Waals surface area contributed by atoms with Gasteiger partial charge in [0.25, 0.3) is 0 Å². The fraction of sp³-hybridized carbons (Fsp3) is 0.200. The average molecular weight is 240 g/mol. The zero-order valence-corrected chi connectivity index (χ0v) is 9.35. The number of ether oxygens (including phenoxy) is 1. The first kappa shape index (κ1) is 10.9. The molecule has 1 N–H and O–H groups in total. The molecule has 0 aliphatic rings. The fourth-order valence-corrected chi connectivity index (χ4v) is 1.56. The van der Waals surface area contributed by atoms with Crippen molar-refractivity contribution in [1.82, 2.24) is 15.0 Å². The maximum absolute atomic E-state index is 9.13. The third-order valence-electron chi connectivity index (χ3n) is 2.15. The van der Waals surface area contributed by atoms with Gasteiger partial charge < -0.3 is 9.84 Å². The van der Waals surface area contributed by atoms with E-state index in [0.29, 0.717) is 22.2 Å². The molecule has 0 unspecified atom stereocenters. The monoisotopic (exact) mass is 239 g/mol. The minimum atomic E-state index is -0.150. The lowest BCUT2D eigenvalue weighted by Crippen LogP contribution is -2.04.